The number of hydrogen-bond acceptors (Lipinski definition) is 1. The molecule has 0 bridgehead atoms. The zero-order valence-electron chi connectivity index (χ0n) is 20.7. The smallest absolute Gasteiger partial charge is 0.124 e. The Morgan fingerprint density at radius 3 is 2.21 bits per heavy atom. The fourth-order valence-electron chi connectivity index (χ4n) is 3.53. The van der Waals surface area contributed by atoms with Crippen LogP contribution in [-0.2, 0) is 0 Å². The van der Waals surface area contributed by atoms with Gasteiger partial charge >= 0.3 is 0 Å². The van der Waals surface area contributed by atoms with Crippen molar-refractivity contribution in [2.45, 2.75) is 48.0 Å². The van der Waals surface area contributed by atoms with Crippen LogP contribution in [0.2, 0.25) is 5.02 Å². The summed E-state index contributed by atoms with van der Waals surface area (Å²) >= 11 is 6.45. The number of pyridine rings is 1. The Hall–Kier alpha value is -2.97. The highest BCUT2D eigenvalue weighted by molar-refractivity contribution is 6.32. The molecule has 0 spiro atoms. The minimum absolute atomic E-state index is 0.329. The Morgan fingerprint density at radius 2 is 1.67 bits per heavy atom. The fraction of sp³-hybridized carbons (Fsp3) is 0.233. The Balaban J connectivity index is 0.00000129. The van der Waals surface area contributed by atoms with Crippen molar-refractivity contribution in [2.24, 2.45) is 0 Å². The molecule has 1 heterocycles. The van der Waals surface area contributed by atoms with Gasteiger partial charge in [0, 0.05) is 12.4 Å². The largest absolute Gasteiger partial charge is 0.264 e. The molecule has 2 aromatic carbocycles. The Kier molecular flexibility index (Phi) is 12.1. The first kappa shape index (κ1) is 28.1. The lowest BCUT2D eigenvalue weighted by Crippen LogP contribution is -1.96. The first-order chi connectivity index (χ1) is 15.9. The quantitative estimate of drug-likeness (QED) is 0.208. The van der Waals surface area contributed by atoms with Crippen LogP contribution in [0.1, 0.15) is 61.9 Å². The molecule has 0 aliphatic heterocycles. The highest BCUT2D eigenvalue weighted by Crippen LogP contribution is 2.38. The molecule has 0 fully saturated rings. The van der Waals surface area contributed by atoms with Gasteiger partial charge in [-0.15, -0.1) is 13.2 Å². The topological polar surface area (TPSA) is 12.9 Å². The van der Waals surface area contributed by atoms with E-state index in [2.05, 4.69) is 76.2 Å². The number of aromatic nitrogens is 1. The summed E-state index contributed by atoms with van der Waals surface area (Å²) in [4.78, 5) is 4.27. The van der Waals surface area contributed by atoms with E-state index in [-0.39, 0.29) is 5.82 Å². The second kappa shape index (κ2) is 14.2. The van der Waals surface area contributed by atoms with Gasteiger partial charge in [0.05, 0.1) is 5.02 Å². The van der Waals surface area contributed by atoms with Crippen LogP contribution in [0.15, 0.2) is 79.7 Å². The molecule has 1 aromatic heterocycles. The molecular formula is C30H35ClFN. The Labute approximate surface area is 204 Å². The van der Waals surface area contributed by atoms with E-state index in [9.17, 15) is 4.39 Å². The third kappa shape index (κ3) is 7.54. The van der Waals surface area contributed by atoms with Gasteiger partial charge in [-0.2, -0.15) is 0 Å². The number of nitrogens with zero attached hydrogens (tertiary/aromatic N) is 1. The summed E-state index contributed by atoms with van der Waals surface area (Å²) in [5.41, 5.74) is 8.75. The molecule has 174 valence electrons. The van der Waals surface area contributed by atoms with Gasteiger partial charge in [-0.1, -0.05) is 68.3 Å². The van der Waals surface area contributed by atoms with Gasteiger partial charge in [-0.05, 0) is 90.4 Å². The van der Waals surface area contributed by atoms with Gasteiger partial charge in [0.25, 0.3) is 0 Å². The van der Waals surface area contributed by atoms with E-state index >= 15 is 0 Å². The maximum absolute atomic E-state index is 13.7. The van der Waals surface area contributed by atoms with Crippen molar-refractivity contribution in [3.63, 3.8) is 0 Å². The second-order valence-corrected chi connectivity index (χ2v) is 7.66. The van der Waals surface area contributed by atoms with E-state index in [4.69, 9.17) is 11.6 Å². The van der Waals surface area contributed by atoms with Crippen molar-refractivity contribution >= 4 is 28.8 Å². The van der Waals surface area contributed by atoms with E-state index in [1.807, 2.05) is 26.1 Å². The van der Waals surface area contributed by atoms with Crippen LogP contribution in [0.5, 0.6) is 0 Å². The number of aryl methyl sites for hydroxylation is 2. The SMILES string of the molecule is C=C.CC.CC/C(=C(\C(C)=C\c1cnccc1C)c1ccc(C)cc1)c1ccc(F)cc1Cl. The van der Waals surface area contributed by atoms with E-state index in [0.717, 1.165) is 39.8 Å². The molecule has 3 rings (SSSR count). The van der Waals surface area contributed by atoms with Crippen molar-refractivity contribution in [3.05, 3.63) is 118 Å². The third-order valence-corrected chi connectivity index (χ3v) is 5.41. The van der Waals surface area contributed by atoms with E-state index in [1.54, 1.807) is 12.3 Å². The predicted octanol–water partition coefficient (Wildman–Crippen LogP) is 9.74. The average Bonchev–Trinajstić information content (AvgIpc) is 2.83. The highest BCUT2D eigenvalue weighted by atomic mass is 35.5. The highest BCUT2D eigenvalue weighted by Gasteiger charge is 2.15. The average molecular weight is 464 g/mol. The van der Waals surface area contributed by atoms with Gasteiger partial charge in [0.1, 0.15) is 5.82 Å². The van der Waals surface area contributed by atoms with Gasteiger partial charge in [0.15, 0.2) is 0 Å². The van der Waals surface area contributed by atoms with Crippen LogP contribution in [-0.4, -0.2) is 4.98 Å². The summed E-state index contributed by atoms with van der Waals surface area (Å²) in [5.74, 6) is -0.329. The number of halogens is 2. The lowest BCUT2D eigenvalue weighted by molar-refractivity contribution is 0.628. The zero-order chi connectivity index (χ0) is 25.0. The molecule has 0 N–H and O–H groups in total. The van der Waals surface area contributed by atoms with Gasteiger partial charge < -0.3 is 0 Å². The Morgan fingerprint density at radius 1 is 1.03 bits per heavy atom. The molecule has 3 aromatic rings. The Bertz CT molecular complexity index is 1090. The third-order valence-electron chi connectivity index (χ3n) is 5.10. The molecule has 0 atom stereocenters. The maximum Gasteiger partial charge on any atom is 0.124 e. The first-order valence-electron chi connectivity index (χ1n) is 11.3. The summed E-state index contributed by atoms with van der Waals surface area (Å²) < 4.78 is 13.7. The minimum atomic E-state index is -0.329. The van der Waals surface area contributed by atoms with Crippen molar-refractivity contribution in [2.75, 3.05) is 0 Å². The number of hydrogen-bond donors (Lipinski definition) is 0. The molecule has 1 nitrogen and oxygen atoms in total. The number of benzene rings is 2. The molecule has 3 heteroatoms. The van der Waals surface area contributed by atoms with Crippen LogP contribution < -0.4 is 0 Å². The van der Waals surface area contributed by atoms with E-state index in [0.29, 0.717) is 5.02 Å². The van der Waals surface area contributed by atoms with Crippen molar-refractivity contribution in [3.8, 4) is 0 Å². The lowest BCUT2D eigenvalue weighted by Gasteiger charge is -2.18. The fourth-order valence-corrected chi connectivity index (χ4v) is 3.81. The zero-order valence-corrected chi connectivity index (χ0v) is 21.4. The predicted molar refractivity (Wildman–Crippen MR) is 145 cm³/mol. The molecule has 0 radical (unpaired) electrons. The van der Waals surface area contributed by atoms with Crippen molar-refractivity contribution < 1.29 is 4.39 Å². The first-order valence-corrected chi connectivity index (χ1v) is 11.6. The molecular weight excluding hydrogens is 429 g/mol. The summed E-state index contributed by atoms with van der Waals surface area (Å²) in [5, 5.41) is 0.428. The van der Waals surface area contributed by atoms with Crippen LogP contribution in [0.25, 0.3) is 17.2 Å². The number of rotatable bonds is 5. The standard InChI is InChI=1S/C26H25ClFN.C2H6.C2H4/c1-5-23(24-11-10-22(28)15-25(24)27)26(20-8-6-17(2)7-9-20)19(4)14-21-16-29-13-12-18(21)3;2*1-2/h6-16H,5H2,1-4H3;1-2H3;1-2H2/b19-14+,26-23-;;. The van der Waals surface area contributed by atoms with Crippen molar-refractivity contribution in [1.29, 1.82) is 0 Å². The van der Waals surface area contributed by atoms with Gasteiger partial charge in [-0.3, -0.25) is 4.98 Å². The van der Waals surface area contributed by atoms with Crippen LogP contribution in [0.3, 0.4) is 0 Å². The molecule has 0 aliphatic rings. The minimum Gasteiger partial charge on any atom is -0.264 e. The van der Waals surface area contributed by atoms with Crippen LogP contribution in [0, 0.1) is 19.7 Å². The lowest BCUT2D eigenvalue weighted by atomic mass is 9.87. The normalized spacial score (nSPS) is 11.5. The van der Waals surface area contributed by atoms with Crippen LogP contribution in [0.4, 0.5) is 4.39 Å². The summed E-state index contributed by atoms with van der Waals surface area (Å²) in [6.07, 6.45) is 6.60. The molecule has 0 saturated carbocycles. The van der Waals surface area contributed by atoms with Gasteiger partial charge in [0.2, 0.25) is 0 Å². The van der Waals surface area contributed by atoms with E-state index < -0.39 is 0 Å². The molecule has 0 aliphatic carbocycles. The van der Waals surface area contributed by atoms with Gasteiger partial charge in [-0.25, -0.2) is 4.39 Å². The summed E-state index contributed by atoms with van der Waals surface area (Å²) in [7, 11) is 0. The summed E-state index contributed by atoms with van der Waals surface area (Å²) in [6, 6.07) is 15.1. The van der Waals surface area contributed by atoms with Crippen molar-refractivity contribution in [1.82, 2.24) is 4.98 Å². The summed E-state index contributed by atoms with van der Waals surface area (Å²) in [6.45, 7) is 18.4. The maximum atomic E-state index is 13.7. The molecule has 0 unspecified atom stereocenters. The van der Waals surface area contributed by atoms with E-state index in [1.165, 1.54) is 23.3 Å². The van der Waals surface area contributed by atoms with Crippen LogP contribution >= 0.6 is 11.6 Å². The molecule has 0 amide bonds. The number of allylic oxidation sites excluding steroid dienone is 3. The monoisotopic (exact) mass is 463 g/mol. The second-order valence-electron chi connectivity index (χ2n) is 7.26. The molecule has 0 saturated heterocycles. The molecule has 33 heavy (non-hydrogen) atoms.